The first-order valence-electron chi connectivity index (χ1n) is 5.62. The number of hydrogen-bond donors (Lipinski definition) is 1. The van der Waals surface area contributed by atoms with Crippen molar-refractivity contribution in [2.24, 2.45) is 10.2 Å². The molecule has 0 saturated carbocycles. The minimum atomic E-state index is 0.526. The highest BCUT2D eigenvalue weighted by atomic mass is 32.1. The molecular formula is C13H14N4S. The lowest BCUT2D eigenvalue weighted by atomic mass is 10.3. The van der Waals surface area contributed by atoms with E-state index in [2.05, 4.69) is 32.8 Å². The van der Waals surface area contributed by atoms with Crippen LogP contribution in [0.15, 0.2) is 40.6 Å². The van der Waals surface area contributed by atoms with Crippen LogP contribution >= 0.6 is 12.6 Å². The van der Waals surface area contributed by atoms with Gasteiger partial charge in [0.2, 0.25) is 0 Å². The molecule has 0 fully saturated rings. The Morgan fingerprint density at radius 3 is 2.17 bits per heavy atom. The molecular weight excluding hydrogens is 244 g/mol. The SMILES string of the molecule is Cc1nc(CS)nc(C)c1N=Nc1ccccc1. The first-order valence-corrected chi connectivity index (χ1v) is 6.25. The summed E-state index contributed by atoms with van der Waals surface area (Å²) in [6.07, 6.45) is 0. The van der Waals surface area contributed by atoms with Crippen LogP contribution in [0.2, 0.25) is 0 Å². The van der Waals surface area contributed by atoms with Crippen LogP contribution in [0.25, 0.3) is 0 Å². The first-order chi connectivity index (χ1) is 8.70. The van der Waals surface area contributed by atoms with E-state index < -0.39 is 0 Å². The second-order valence-electron chi connectivity index (χ2n) is 3.85. The van der Waals surface area contributed by atoms with Gasteiger partial charge in [0.25, 0.3) is 0 Å². The fourth-order valence-corrected chi connectivity index (χ4v) is 1.74. The van der Waals surface area contributed by atoms with Crippen LogP contribution in [-0.2, 0) is 5.75 Å². The largest absolute Gasteiger partial charge is 0.235 e. The van der Waals surface area contributed by atoms with E-state index in [1.807, 2.05) is 44.2 Å². The Balaban J connectivity index is 2.32. The van der Waals surface area contributed by atoms with Gasteiger partial charge < -0.3 is 0 Å². The molecule has 1 aromatic carbocycles. The molecule has 0 atom stereocenters. The highest BCUT2D eigenvalue weighted by Gasteiger charge is 2.06. The Kier molecular flexibility index (Phi) is 4.04. The summed E-state index contributed by atoms with van der Waals surface area (Å²) in [5.41, 5.74) is 3.19. The number of azo groups is 1. The third-order valence-corrected chi connectivity index (χ3v) is 2.72. The molecule has 0 aliphatic heterocycles. The maximum absolute atomic E-state index is 4.32. The molecule has 18 heavy (non-hydrogen) atoms. The third kappa shape index (κ3) is 2.92. The van der Waals surface area contributed by atoms with Crippen LogP contribution in [0.5, 0.6) is 0 Å². The van der Waals surface area contributed by atoms with Gasteiger partial charge in [-0.2, -0.15) is 17.7 Å². The zero-order chi connectivity index (χ0) is 13.0. The van der Waals surface area contributed by atoms with Gasteiger partial charge in [0.15, 0.2) is 0 Å². The topological polar surface area (TPSA) is 50.5 Å². The molecule has 1 aromatic heterocycles. The monoisotopic (exact) mass is 258 g/mol. The maximum Gasteiger partial charge on any atom is 0.138 e. The normalized spacial score (nSPS) is 11.1. The van der Waals surface area contributed by atoms with Crippen LogP contribution in [-0.4, -0.2) is 9.97 Å². The molecule has 0 saturated heterocycles. The number of benzene rings is 1. The summed E-state index contributed by atoms with van der Waals surface area (Å²) in [6, 6.07) is 9.59. The smallest absolute Gasteiger partial charge is 0.138 e. The van der Waals surface area contributed by atoms with Crippen molar-refractivity contribution >= 4 is 24.0 Å². The Labute approximate surface area is 112 Å². The van der Waals surface area contributed by atoms with Gasteiger partial charge in [-0.3, -0.25) is 0 Å². The van der Waals surface area contributed by atoms with E-state index in [0.29, 0.717) is 11.6 Å². The molecule has 92 valence electrons. The van der Waals surface area contributed by atoms with Gasteiger partial charge in [-0.05, 0) is 26.0 Å². The molecule has 5 heteroatoms. The Morgan fingerprint density at radius 1 is 1.00 bits per heavy atom. The number of rotatable bonds is 3. The molecule has 0 bridgehead atoms. The number of aromatic nitrogens is 2. The lowest BCUT2D eigenvalue weighted by Crippen LogP contribution is -1.97. The number of hydrogen-bond acceptors (Lipinski definition) is 5. The van der Waals surface area contributed by atoms with Crippen LogP contribution in [0.1, 0.15) is 17.2 Å². The molecule has 0 amide bonds. The van der Waals surface area contributed by atoms with Crippen molar-refractivity contribution in [1.82, 2.24) is 9.97 Å². The predicted octanol–water partition coefficient (Wildman–Crippen LogP) is 3.94. The summed E-state index contributed by atoms with van der Waals surface area (Å²) in [5.74, 6) is 1.24. The molecule has 0 aliphatic carbocycles. The van der Waals surface area contributed by atoms with Crippen LogP contribution in [0.4, 0.5) is 11.4 Å². The van der Waals surface area contributed by atoms with Crippen LogP contribution < -0.4 is 0 Å². The standard InChI is InChI=1S/C13H14N4S/c1-9-13(10(2)15-12(8-18)14-9)17-16-11-6-4-3-5-7-11/h3-7,18H,8H2,1-2H3. The third-order valence-electron chi connectivity index (χ3n) is 2.44. The summed E-state index contributed by atoms with van der Waals surface area (Å²) >= 11 is 4.17. The average Bonchev–Trinajstić information content (AvgIpc) is 2.38. The molecule has 0 radical (unpaired) electrons. The van der Waals surface area contributed by atoms with E-state index in [1.54, 1.807) is 0 Å². The zero-order valence-electron chi connectivity index (χ0n) is 10.3. The molecule has 1 heterocycles. The molecule has 0 spiro atoms. The van der Waals surface area contributed by atoms with Crippen molar-refractivity contribution in [3.8, 4) is 0 Å². The highest BCUT2D eigenvalue weighted by molar-refractivity contribution is 7.79. The highest BCUT2D eigenvalue weighted by Crippen LogP contribution is 2.23. The van der Waals surface area contributed by atoms with Crippen molar-refractivity contribution in [2.45, 2.75) is 19.6 Å². The van der Waals surface area contributed by atoms with Gasteiger partial charge in [-0.25, -0.2) is 9.97 Å². The Hall–Kier alpha value is -1.75. The second kappa shape index (κ2) is 5.73. The maximum atomic E-state index is 4.32. The first kappa shape index (κ1) is 12.7. The van der Waals surface area contributed by atoms with E-state index in [-0.39, 0.29) is 0 Å². The molecule has 0 N–H and O–H groups in total. The Bertz CT molecular complexity index is 543. The minimum absolute atomic E-state index is 0.526. The van der Waals surface area contributed by atoms with Gasteiger partial charge in [-0.1, -0.05) is 18.2 Å². The minimum Gasteiger partial charge on any atom is -0.235 e. The number of nitrogens with zero attached hydrogens (tertiary/aromatic N) is 4. The summed E-state index contributed by atoms with van der Waals surface area (Å²) < 4.78 is 0. The summed E-state index contributed by atoms with van der Waals surface area (Å²) in [4.78, 5) is 8.65. The molecule has 2 rings (SSSR count). The summed E-state index contributed by atoms with van der Waals surface area (Å²) in [7, 11) is 0. The van der Waals surface area contributed by atoms with Gasteiger partial charge in [0.05, 0.1) is 22.8 Å². The number of aryl methyl sites for hydroxylation is 2. The average molecular weight is 258 g/mol. The summed E-state index contributed by atoms with van der Waals surface area (Å²) in [5, 5.41) is 8.41. The summed E-state index contributed by atoms with van der Waals surface area (Å²) in [6.45, 7) is 3.81. The van der Waals surface area contributed by atoms with Crippen molar-refractivity contribution < 1.29 is 0 Å². The van der Waals surface area contributed by atoms with Crippen molar-refractivity contribution in [1.29, 1.82) is 0 Å². The molecule has 0 aliphatic rings. The van der Waals surface area contributed by atoms with E-state index in [4.69, 9.17) is 0 Å². The van der Waals surface area contributed by atoms with E-state index in [1.165, 1.54) is 0 Å². The van der Waals surface area contributed by atoms with Crippen molar-refractivity contribution in [2.75, 3.05) is 0 Å². The second-order valence-corrected chi connectivity index (χ2v) is 4.17. The van der Waals surface area contributed by atoms with E-state index in [9.17, 15) is 0 Å². The Morgan fingerprint density at radius 2 is 1.61 bits per heavy atom. The zero-order valence-corrected chi connectivity index (χ0v) is 11.2. The molecule has 0 unspecified atom stereocenters. The lowest BCUT2D eigenvalue weighted by Gasteiger charge is -2.04. The fraction of sp³-hybridized carbons (Fsp3) is 0.231. The van der Waals surface area contributed by atoms with Gasteiger partial charge >= 0.3 is 0 Å². The predicted molar refractivity (Wildman–Crippen MR) is 74.8 cm³/mol. The quantitative estimate of drug-likeness (QED) is 0.669. The van der Waals surface area contributed by atoms with Crippen LogP contribution in [0, 0.1) is 13.8 Å². The van der Waals surface area contributed by atoms with Crippen LogP contribution in [0.3, 0.4) is 0 Å². The van der Waals surface area contributed by atoms with E-state index >= 15 is 0 Å². The van der Waals surface area contributed by atoms with Crippen molar-refractivity contribution in [3.05, 3.63) is 47.5 Å². The van der Waals surface area contributed by atoms with E-state index in [0.717, 1.165) is 22.8 Å². The fourth-order valence-electron chi connectivity index (χ4n) is 1.60. The lowest BCUT2D eigenvalue weighted by molar-refractivity contribution is 0.953. The van der Waals surface area contributed by atoms with Crippen molar-refractivity contribution in [3.63, 3.8) is 0 Å². The van der Waals surface area contributed by atoms with Gasteiger partial charge in [0, 0.05) is 0 Å². The molecule has 4 nitrogen and oxygen atoms in total. The van der Waals surface area contributed by atoms with Gasteiger partial charge in [-0.15, -0.1) is 5.11 Å². The molecule has 2 aromatic rings. The van der Waals surface area contributed by atoms with Gasteiger partial charge in [0.1, 0.15) is 11.5 Å². The number of thiol groups is 1.